The van der Waals surface area contributed by atoms with Crippen molar-refractivity contribution >= 4 is 28.3 Å². The first-order chi connectivity index (χ1) is 8.65. The van der Waals surface area contributed by atoms with Gasteiger partial charge in [-0.3, -0.25) is 9.59 Å². The van der Waals surface area contributed by atoms with Crippen LogP contribution in [0.2, 0.25) is 0 Å². The van der Waals surface area contributed by atoms with E-state index in [4.69, 9.17) is 0 Å². The van der Waals surface area contributed by atoms with E-state index < -0.39 is 0 Å². The van der Waals surface area contributed by atoms with E-state index in [1.807, 2.05) is 6.92 Å². The second kappa shape index (κ2) is 5.30. The van der Waals surface area contributed by atoms with E-state index in [0.29, 0.717) is 18.8 Å². The number of anilines is 1. The maximum Gasteiger partial charge on any atom is 0.243 e. The summed E-state index contributed by atoms with van der Waals surface area (Å²) in [5.74, 6) is -0.0715. The van der Waals surface area contributed by atoms with Crippen molar-refractivity contribution in [3.8, 4) is 0 Å². The molecule has 1 N–H and O–H groups in total. The van der Waals surface area contributed by atoms with E-state index in [0.717, 1.165) is 5.00 Å². The van der Waals surface area contributed by atoms with Gasteiger partial charge in [0.15, 0.2) is 0 Å². The Balaban J connectivity index is 2.06. The number of carbonyl (C=O) groups is 2. The largest absolute Gasteiger partial charge is 0.377 e. The summed E-state index contributed by atoms with van der Waals surface area (Å²) in [5, 5.41) is 7.77. The van der Waals surface area contributed by atoms with Gasteiger partial charge in [-0.05, 0) is 6.92 Å². The third-order valence-corrected chi connectivity index (χ3v) is 3.65. The lowest BCUT2D eigenvalue weighted by Crippen LogP contribution is -2.53. The Hall–Kier alpha value is -1.70. The molecule has 1 aliphatic rings. The van der Waals surface area contributed by atoms with Crippen LogP contribution in [0, 0.1) is 0 Å². The predicted molar refractivity (Wildman–Crippen MR) is 67.1 cm³/mol. The van der Waals surface area contributed by atoms with Crippen molar-refractivity contribution in [2.75, 3.05) is 32.0 Å². The molecule has 7 nitrogen and oxygen atoms in total. The van der Waals surface area contributed by atoms with Crippen molar-refractivity contribution in [3.05, 3.63) is 5.69 Å². The van der Waals surface area contributed by atoms with Crippen LogP contribution in [0.5, 0.6) is 0 Å². The lowest BCUT2D eigenvalue weighted by molar-refractivity contribution is -0.150. The van der Waals surface area contributed by atoms with E-state index >= 15 is 0 Å². The van der Waals surface area contributed by atoms with Crippen molar-refractivity contribution in [1.82, 2.24) is 19.4 Å². The molecule has 1 fully saturated rings. The molecule has 0 bridgehead atoms. The van der Waals surface area contributed by atoms with Gasteiger partial charge in [0.25, 0.3) is 0 Å². The van der Waals surface area contributed by atoms with Crippen LogP contribution in [0.1, 0.15) is 12.6 Å². The fourth-order valence-electron chi connectivity index (χ4n) is 1.82. The number of hydrogen-bond donors (Lipinski definition) is 1. The number of likely N-dealkylation sites (N-methyl/N-ethyl adjacent to an activating group) is 1. The first-order valence-corrected chi connectivity index (χ1v) is 6.47. The Labute approximate surface area is 109 Å². The highest BCUT2D eigenvalue weighted by molar-refractivity contribution is 7.10. The number of hydrogen-bond acceptors (Lipinski definition) is 6. The molecule has 2 amide bonds. The average molecular weight is 269 g/mol. The molecular formula is C10H15N5O2S. The molecule has 0 saturated carbocycles. The van der Waals surface area contributed by atoms with Crippen molar-refractivity contribution in [2.45, 2.75) is 13.5 Å². The summed E-state index contributed by atoms with van der Waals surface area (Å²) in [7, 11) is 1.78. The second-order valence-electron chi connectivity index (χ2n) is 3.96. The molecule has 8 heteroatoms. The standard InChI is InChI=1S/C10H15N5O2S/c1-3-14-5-9(17)15(6-8(14)16)4-7-10(11-2)18-13-12-7/h11H,3-6H2,1-2H3. The molecular weight excluding hydrogens is 254 g/mol. The van der Waals surface area contributed by atoms with Gasteiger partial charge in [0.2, 0.25) is 11.8 Å². The molecule has 0 aromatic carbocycles. The molecule has 1 aromatic heterocycles. The number of piperazine rings is 1. The number of nitrogens with zero attached hydrogens (tertiary/aromatic N) is 4. The fourth-order valence-corrected chi connectivity index (χ4v) is 2.34. The first kappa shape index (κ1) is 12.7. The summed E-state index contributed by atoms with van der Waals surface area (Å²) in [6.45, 7) is 3.03. The van der Waals surface area contributed by atoms with Gasteiger partial charge in [-0.15, -0.1) is 5.10 Å². The lowest BCUT2D eigenvalue weighted by Gasteiger charge is -2.32. The molecule has 2 rings (SSSR count). The molecule has 1 aromatic rings. The number of rotatable bonds is 4. The van der Waals surface area contributed by atoms with E-state index in [1.54, 1.807) is 11.9 Å². The maximum absolute atomic E-state index is 11.9. The molecule has 0 atom stereocenters. The highest BCUT2D eigenvalue weighted by Crippen LogP contribution is 2.19. The predicted octanol–water partition coefficient (Wildman–Crippen LogP) is -0.230. The summed E-state index contributed by atoms with van der Waals surface area (Å²) < 4.78 is 3.83. The van der Waals surface area contributed by atoms with Gasteiger partial charge in [0.1, 0.15) is 17.2 Å². The van der Waals surface area contributed by atoms with Crippen molar-refractivity contribution in [2.24, 2.45) is 0 Å². The number of carbonyl (C=O) groups excluding carboxylic acids is 2. The molecule has 1 aliphatic heterocycles. The van der Waals surface area contributed by atoms with Crippen LogP contribution < -0.4 is 5.32 Å². The molecule has 0 radical (unpaired) electrons. The van der Waals surface area contributed by atoms with Crippen LogP contribution in [0.25, 0.3) is 0 Å². The van der Waals surface area contributed by atoms with Gasteiger partial charge >= 0.3 is 0 Å². The zero-order chi connectivity index (χ0) is 13.1. The van der Waals surface area contributed by atoms with E-state index in [2.05, 4.69) is 14.9 Å². The van der Waals surface area contributed by atoms with Crippen molar-refractivity contribution in [1.29, 1.82) is 0 Å². The zero-order valence-corrected chi connectivity index (χ0v) is 11.2. The molecule has 2 heterocycles. The van der Waals surface area contributed by atoms with Gasteiger partial charge in [-0.25, -0.2) is 0 Å². The van der Waals surface area contributed by atoms with Crippen molar-refractivity contribution < 1.29 is 9.59 Å². The molecule has 0 spiro atoms. The van der Waals surface area contributed by atoms with Crippen LogP contribution in [-0.2, 0) is 16.1 Å². The highest BCUT2D eigenvalue weighted by atomic mass is 32.1. The van der Waals surface area contributed by atoms with Crippen LogP contribution in [-0.4, -0.2) is 57.9 Å². The Morgan fingerprint density at radius 1 is 1.28 bits per heavy atom. The third-order valence-electron chi connectivity index (χ3n) is 2.86. The van der Waals surface area contributed by atoms with E-state index in [9.17, 15) is 9.59 Å². The average Bonchev–Trinajstić information content (AvgIpc) is 2.80. The highest BCUT2D eigenvalue weighted by Gasteiger charge is 2.29. The monoisotopic (exact) mass is 269 g/mol. The van der Waals surface area contributed by atoms with Gasteiger partial charge < -0.3 is 15.1 Å². The molecule has 0 aliphatic carbocycles. The summed E-state index contributed by atoms with van der Waals surface area (Å²) in [6.07, 6.45) is 0. The zero-order valence-electron chi connectivity index (χ0n) is 10.3. The summed E-state index contributed by atoms with van der Waals surface area (Å²) in [6, 6.07) is 0. The number of amides is 2. The summed E-state index contributed by atoms with van der Waals surface area (Å²) >= 11 is 1.24. The second-order valence-corrected chi connectivity index (χ2v) is 4.71. The topological polar surface area (TPSA) is 78.4 Å². The minimum Gasteiger partial charge on any atom is -0.377 e. The van der Waals surface area contributed by atoms with Crippen LogP contribution in [0.4, 0.5) is 5.00 Å². The Morgan fingerprint density at radius 3 is 2.61 bits per heavy atom. The Kier molecular flexibility index (Phi) is 3.75. The van der Waals surface area contributed by atoms with Gasteiger partial charge in [-0.1, -0.05) is 4.49 Å². The normalized spacial score (nSPS) is 16.3. The Morgan fingerprint density at radius 2 is 1.94 bits per heavy atom. The molecule has 18 heavy (non-hydrogen) atoms. The number of aromatic nitrogens is 2. The Bertz CT molecular complexity index is 461. The first-order valence-electron chi connectivity index (χ1n) is 5.70. The van der Waals surface area contributed by atoms with Gasteiger partial charge in [0, 0.05) is 25.1 Å². The van der Waals surface area contributed by atoms with E-state index in [-0.39, 0.29) is 24.9 Å². The quantitative estimate of drug-likeness (QED) is 0.817. The van der Waals surface area contributed by atoms with Gasteiger partial charge in [0.05, 0.1) is 13.1 Å². The summed E-state index contributed by atoms with van der Waals surface area (Å²) in [4.78, 5) is 26.7. The summed E-state index contributed by atoms with van der Waals surface area (Å²) in [5.41, 5.74) is 0.702. The van der Waals surface area contributed by atoms with Gasteiger partial charge in [-0.2, -0.15) is 0 Å². The third kappa shape index (κ3) is 2.42. The molecule has 98 valence electrons. The SMILES string of the molecule is CCN1CC(=O)N(Cc2nnsc2NC)CC1=O. The minimum atomic E-state index is -0.0495. The maximum atomic E-state index is 11.9. The van der Waals surface area contributed by atoms with Crippen LogP contribution in [0.3, 0.4) is 0 Å². The van der Waals surface area contributed by atoms with E-state index in [1.165, 1.54) is 16.4 Å². The molecule has 0 unspecified atom stereocenters. The van der Waals surface area contributed by atoms with Crippen LogP contribution in [0.15, 0.2) is 0 Å². The smallest absolute Gasteiger partial charge is 0.243 e. The minimum absolute atomic E-state index is 0.0219. The molecule has 1 saturated heterocycles. The fraction of sp³-hybridized carbons (Fsp3) is 0.600. The number of nitrogens with one attached hydrogen (secondary N) is 1. The van der Waals surface area contributed by atoms with Crippen molar-refractivity contribution in [3.63, 3.8) is 0 Å². The lowest BCUT2D eigenvalue weighted by atomic mass is 10.2. The van der Waals surface area contributed by atoms with Crippen LogP contribution >= 0.6 is 11.5 Å².